The average molecular weight is 399 g/mol. The topological polar surface area (TPSA) is 83.4 Å². The second-order valence-corrected chi connectivity index (χ2v) is 8.26. The molecule has 0 atom stereocenters. The van der Waals surface area contributed by atoms with Crippen LogP contribution in [0.2, 0.25) is 0 Å². The number of fused-ring (bicyclic) bond motifs is 1. The van der Waals surface area contributed by atoms with Gasteiger partial charge in [-0.05, 0) is 51.7 Å². The maximum atomic E-state index is 10.1. The summed E-state index contributed by atoms with van der Waals surface area (Å²) in [5.41, 5.74) is 1.96. The van der Waals surface area contributed by atoms with Crippen molar-refractivity contribution in [1.29, 1.82) is 0 Å². The van der Waals surface area contributed by atoms with E-state index in [1.54, 1.807) is 32.3 Å². The zero-order valence-corrected chi connectivity index (χ0v) is 16.9. The molecule has 29 heavy (non-hydrogen) atoms. The van der Waals surface area contributed by atoms with Crippen molar-refractivity contribution in [2.24, 2.45) is 0 Å². The standard InChI is InChI=1S/C22H29N5O2/c1-14-11-24-20-21(27(14)16-6-8-17(29-4)9-7-16)26-18(13-25-20)15-5-10-19(23-12-15)22(2,3)28/h5,10,12-13,16-17,28H,1,6-9,11H2,2-4H3,(H,24,25)/i4D3. The summed E-state index contributed by atoms with van der Waals surface area (Å²) in [6.45, 7) is 8.19. The number of aromatic nitrogens is 3. The summed E-state index contributed by atoms with van der Waals surface area (Å²) in [4.78, 5) is 16.0. The van der Waals surface area contributed by atoms with Crippen molar-refractivity contribution in [3.63, 3.8) is 0 Å². The molecule has 0 unspecified atom stereocenters. The molecule has 0 saturated heterocycles. The number of hydrogen-bond donors (Lipinski definition) is 2. The first-order valence-electron chi connectivity index (χ1n) is 11.5. The minimum absolute atomic E-state index is 0.153. The Labute approximate surface area is 176 Å². The molecule has 2 aromatic rings. The van der Waals surface area contributed by atoms with E-state index in [0.29, 0.717) is 42.4 Å². The maximum Gasteiger partial charge on any atom is 0.176 e. The molecule has 1 saturated carbocycles. The van der Waals surface area contributed by atoms with Crippen LogP contribution in [0.1, 0.15) is 49.3 Å². The molecule has 2 aromatic heterocycles. The van der Waals surface area contributed by atoms with Crippen molar-refractivity contribution in [3.8, 4) is 11.3 Å². The third-order valence-electron chi connectivity index (χ3n) is 5.64. The van der Waals surface area contributed by atoms with Crippen molar-refractivity contribution >= 4 is 11.6 Å². The number of aliphatic hydroxyl groups is 1. The van der Waals surface area contributed by atoms with Gasteiger partial charge in [-0.15, -0.1) is 0 Å². The van der Waals surface area contributed by atoms with E-state index in [4.69, 9.17) is 13.8 Å². The summed E-state index contributed by atoms with van der Waals surface area (Å²) in [6, 6.07) is 3.82. The van der Waals surface area contributed by atoms with Crippen LogP contribution in [0.5, 0.6) is 0 Å². The molecule has 7 nitrogen and oxygen atoms in total. The van der Waals surface area contributed by atoms with Crippen LogP contribution in [-0.4, -0.2) is 45.8 Å². The Morgan fingerprint density at radius 2 is 2.03 bits per heavy atom. The van der Waals surface area contributed by atoms with Crippen LogP contribution >= 0.6 is 0 Å². The van der Waals surface area contributed by atoms with Crippen LogP contribution in [0.3, 0.4) is 0 Å². The van der Waals surface area contributed by atoms with Gasteiger partial charge in [-0.25, -0.2) is 9.97 Å². The Bertz CT molecular complexity index is 981. The van der Waals surface area contributed by atoms with Crippen LogP contribution in [-0.2, 0) is 10.3 Å². The largest absolute Gasteiger partial charge is 0.384 e. The third kappa shape index (κ3) is 3.97. The van der Waals surface area contributed by atoms with Gasteiger partial charge < -0.3 is 20.1 Å². The van der Waals surface area contributed by atoms with Crippen molar-refractivity contribution in [3.05, 3.63) is 42.5 Å². The normalized spacial score (nSPS) is 24.2. The van der Waals surface area contributed by atoms with Crippen LogP contribution in [0.4, 0.5) is 11.6 Å². The highest BCUT2D eigenvalue weighted by atomic mass is 16.5. The minimum atomic E-state index is -2.36. The van der Waals surface area contributed by atoms with Gasteiger partial charge in [-0.3, -0.25) is 4.98 Å². The van der Waals surface area contributed by atoms with E-state index < -0.39 is 12.6 Å². The van der Waals surface area contributed by atoms with Gasteiger partial charge >= 0.3 is 0 Å². The van der Waals surface area contributed by atoms with Gasteiger partial charge in [0.25, 0.3) is 0 Å². The van der Waals surface area contributed by atoms with Crippen molar-refractivity contribution in [2.75, 3.05) is 23.8 Å². The maximum absolute atomic E-state index is 10.1. The van der Waals surface area contributed by atoms with E-state index in [1.807, 2.05) is 6.07 Å². The third-order valence-corrected chi connectivity index (χ3v) is 5.64. The van der Waals surface area contributed by atoms with E-state index in [2.05, 4.69) is 26.8 Å². The van der Waals surface area contributed by atoms with Gasteiger partial charge in [-0.2, -0.15) is 0 Å². The molecule has 4 rings (SSSR count). The van der Waals surface area contributed by atoms with Crippen LogP contribution < -0.4 is 10.2 Å². The Balaban J connectivity index is 1.57. The molecule has 2 aliphatic rings. The smallest absolute Gasteiger partial charge is 0.176 e. The number of ether oxygens (including phenoxy) is 1. The second-order valence-electron chi connectivity index (χ2n) is 8.26. The molecule has 2 N–H and O–H groups in total. The van der Waals surface area contributed by atoms with Crippen molar-refractivity contribution in [2.45, 2.75) is 57.3 Å². The molecular formula is C22H29N5O2. The number of pyridine rings is 1. The van der Waals surface area contributed by atoms with E-state index in [9.17, 15) is 5.11 Å². The van der Waals surface area contributed by atoms with Crippen LogP contribution in [0.15, 0.2) is 36.8 Å². The molecular weight excluding hydrogens is 366 g/mol. The predicted octanol–water partition coefficient (Wildman–Crippen LogP) is 3.47. The van der Waals surface area contributed by atoms with Crippen molar-refractivity contribution in [1.82, 2.24) is 15.0 Å². The zero-order valence-electron chi connectivity index (χ0n) is 19.9. The highest BCUT2D eigenvalue weighted by Gasteiger charge is 2.32. The molecule has 0 amide bonds. The first-order chi connectivity index (χ1) is 15.0. The summed E-state index contributed by atoms with van der Waals surface area (Å²) in [6.07, 6.45) is 6.05. The molecule has 154 valence electrons. The Morgan fingerprint density at radius 3 is 2.69 bits per heavy atom. The molecule has 0 aromatic carbocycles. The highest BCUT2D eigenvalue weighted by Crippen LogP contribution is 2.37. The number of nitrogens with one attached hydrogen (secondary N) is 1. The number of nitrogens with zero attached hydrogens (tertiary/aromatic N) is 4. The summed E-state index contributed by atoms with van der Waals surface area (Å²) in [5.74, 6) is 1.41. The monoisotopic (exact) mass is 398 g/mol. The lowest BCUT2D eigenvalue weighted by atomic mass is 9.91. The summed E-state index contributed by atoms with van der Waals surface area (Å²) in [5, 5.41) is 13.4. The number of methoxy groups -OCH3 is 1. The van der Waals surface area contributed by atoms with Crippen molar-refractivity contribution < 1.29 is 14.0 Å². The van der Waals surface area contributed by atoms with Gasteiger partial charge in [0.1, 0.15) is 5.60 Å². The molecule has 1 aliphatic carbocycles. The lowest BCUT2D eigenvalue weighted by molar-refractivity contribution is 0.0660. The molecule has 1 fully saturated rings. The summed E-state index contributed by atoms with van der Waals surface area (Å²) < 4.78 is 27.2. The Kier molecular flexibility index (Phi) is 4.34. The average Bonchev–Trinajstić information content (AvgIpc) is 2.72. The SMILES string of the molecule is [2H]C([2H])([2H])OC1CCC(N2C(=C)CNc3ncc(-c4ccc(C(C)(C)O)nc4)nc32)CC1. The molecule has 0 spiro atoms. The van der Waals surface area contributed by atoms with Gasteiger partial charge in [0.05, 0.1) is 34.3 Å². The first-order valence-corrected chi connectivity index (χ1v) is 9.96. The van der Waals surface area contributed by atoms with Gasteiger partial charge in [0.2, 0.25) is 0 Å². The van der Waals surface area contributed by atoms with Crippen LogP contribution in [0, 0.1) is 0 Å². The summed E-state index contributed by atoms with van der Waals surface area (Å²) in [7, 11) is -2.36. The molecule has 1 aliphatic heterocycles. The highest BCUT2D eigenvalue weighted by molar-refractivity contribution is 5.72. The van der Waals surface area contributed by atoms with Crippen LogP contribution in [0.25, 0.3) is 11.3 Å². The fourth-order valence-electron chi connectivity index (χ4n) is 3.99. The Hall–Kier alpha value is -2.51. The molecule has 3 heterocycles. The van der Waals surface area contributed by atoms with E-state index in [0.717, 1.165) is 24.1 Å². The zero-order chi connectivity index (χ0) is 23.1. The fraction of sp³-hybridized carbons (Fsp3) is 0.500. The van der Waals surface area contributed by atoms with Gasteiger partial charge in [0, 0.05) is 30.5 Å². The van der Waals surface area contributed by atoms with E-state index in [-0.39, 0.29) is 12.1 Å². The summed E-state index contributed by atoms with van der Waals surface area (Å²) >= 11 is 0. The van der Waals surface area contributed by atoms with Gasteiger partial charge in [-0.1, -0.05) is 6.58 Å². The quantitative estimate of drug-likeness (QED) is 0.816. The number of anilines is 2. The fourth-order valence-corrected chi connectivity index (χ4v) is 3.99. The second kappa shape index (κ2) is 7.72. The lowest BCUT2D eigenvalue weighted by Crippen LogP contribution is -2.43. The Morgan fingerprint density at radius 1 is 1.24 bits per heavy atom. The number of rotatable bonds is 4. The predicted molar refractivity (Wildman–Crippen MR) is 114 cm³/mol. The van der Waals surface area contributed by atoms with E-state index in [1.165, 1.54) is 0 Å². The molecule has 7 heteroatoms. The molecule has 0 radical (unpaired) electrons. The minimum Gasteiger partial charge on any atom is -0.384 e. The van der Waals surface area contributed by atoms with Gasteiger partial charge in [0.15, 0.2) is 11.6 Å². The number of hydrogen-bond acceptors (Lipinski definition) is 7. The molecule has 0 bridgehead atoms. The first kappa shape index (κ1) is 16.3. The van der Waals surface area contributed by atoms with E-state index >= 15 is 0 Å². The lowest BCUT2D eigenvalue weighted by Gasteiger charge is -2.41.